The zero-order valence-electron chi connectivity index (χ0n) is 15.8. The van der Waals surface area contributed by atoms with Crippen molar-refractivity contribution in [3.8, 4) is 17.3 Å². The second-order valence-corrected chi connectivity index (χ2v) is 6.86. The highest BCUT2D eigenvalue weighted by Crippen LogP contribution is 2.28. The monoisotopic (exact) mass is 414 g/mol. The van der Waals surface area contributed by atoms with Crippen LogP contribution in [-0.4, -0.2) is 26.4 Å². The lowest BCUT2D eigenvalue weighted by atomic mass is 10.1. The number of halogens is 3. The second kappa shape index (κ2) is 7.75. The van der Waals surface area contributed by atoms with Gasteiger partial charge in [0, 0.05) is 28.8 Å². The molecular weight excluding hydrogens is 398 g/mol. The van der Waals surface area contributed by atoms with Gasteiger partial charge in [0.05, 0.1) is 18.7 Å². The molecule has 2 aromatic heterocycles. The summed E-state index contributed by atoms with van der Waals surface area (Å²) in [5.41, 5.74) is 1.80. The predicted octanol–water partition coefficient (Wildman–Crippen LogP) is 5.18. The Balaban J connectivity index is 1.82. The molecule has 5 nitrogen and oxygen atoms in total. The first-order chi connectivity index (χ1) is 14.0. The lowest BCUT2D eigenvalue weighted by Crippen LogP contribution is -2.07. The van der Waals surface area contributed by atoms with Crippen LogP contribution in [0.1, 0.15) is 18.2 Å². The molecule has 0 saturated heterocycles. The van der Waals surface area contributed by atoms with Crippen molar-refractivity contribution in [1.29, 1.82) is 0 Å². The van der Waals surface area contributed by atoms with Crippen LogP contribution in [0.5, 0.6) is 5.75 Å². The van der Waals surface area contributed by atoms with Crippen LogP contribution in [0.2, 0.25) is 5.15 Å². The van der Waals surface area contributed by atoms with Crippen molar-refractivity contribution >= 4 is 22.5 Å². The molecule has 0 bridgehead atoms. The Labute approximate surface area is 170 Å². The third-order valence-electron chi connectivity index (χ3n) is 4.43. The maximum atomic E-state index is 14.6. The lowest BCUT2D eigenvalue weighted by Gasteiger charge is -2.09. The van der Waals surface area contributed by atoms with E-state index in [4.69, 9.17) is 16.3 Å². The zero-order valence-corrected chi connectivity index (χ0v) is 16.5. The van der Waals surface area contributed by atoms with Gasteiger partial charge in [0.2, 0.25) is 0 Å². The third kappa shape index (κ3) is 3.78. The molecule has 0 aliphatic rings. The van der Waals surface area contributed by atoms with E-state index in [9.17, 15) is 8.78 Å². The summed E-state index contributed by atoms with van der Waals surface area (Å²) in [6, 6.07) is 11.4. The molecule has 0 atom stereocenters. The van der Waals surface area contributed by atoms with Gasteiger partial charge in [-0.3, -0.25) is 4.68 Å². The molecule has 0 amide bonds. The van der Waals surface area contributed by atoms with Crippen LogP contribution in [-0.2, 0) is 6.54 Å². The molecule has 0 N–H and O–H groups in total. The van der Waals surface area contributed by atoms with Crippen molar-refractivity contribution < 1.29 is 13.5 Å². The number of fused-ring (bicyclic) bond motifs is 1. The Hall–Kier alpha value is -3.06. The lowest BCUT2D eigenvalue weighted by molar-refractivity contribution is 0.335. The number of nitrogens with zero attached hydrogens (tertiary/aromatic N) is 4. The molecule has 4 rings (SSSR count). The highest BCUT2D eigenvalue weighted by molar-refractivity contribution is 6.29. The van der Waals surface area contributed by atoms with Crippen LogP contribution >= 0.6 is 11.6 Å². The van der Waals surface area contributed by atoms with Crippen molar-refractivity contribution in [1.82, 2.24) is 19.7 Å². The fraction of sp³-hybridized carbons (Fsp3) is 0.190. The molecule has 0 spiro atoms. The Kier molecular flexibility index (Phi) is 5.15. The van der Waals surface area contributed by atoms with Gasteiger partial charge >= 0.3 is 0 Å². The Morgan fingerprint density at radius 2 is 1.79 bits per heavy atom. The summed E-state index contributed by atoms with van der Waals surface area (Å²) in [6.45, 7) is 3.79. The van der Waals surface area contributed by atoms with Crippen LogP contribution in [0.15, 0.2) is 42.5 Å². The number of benzene rings is 2. The molecular formula is C21H17ClF2N4O. The SMILES string of the molecule is CCOc1cc(F)c(Cn2nc(-c3nc(C)cc(Cl)n3)c3ccccc32)c(F)c1. The van der Waals surface area contributed by atoms with Crippen LogP contribution < -0.4 is 4.74 Å². The number of aryl methyl sites for hydroxylation is 1. The maximum Gasteiger partial charge on any atom is 0.182 e. The van der Waals surface area contributed by atoms with Gasteiger partial charge in [-0.1, -0.05) is 29.8 Å². The number of ether oxygens (including phenoxy) is 1. The van der Waals surface area contributed by atoms with E-state index in [-0.39, 0.29) is 17.9 Å². The molecule has 8 heteroatoms. The second-order valence-electron chi connectivity index (χ2n) is 6.48. The third-order valence-corrected chi connectivity index (χ3v) is 4.62. The van der Waals surface area contributed by atoms with Crippen LogP contribution in [0.3, 0.4) is 0 Å². The summed E-state index contributed by atoms with van der Waals surface area (Å²) in [5.74, 6) is -0.869. The molecule has 0 unspecified atom stereocenters. The fourth-order valence-corrected chi connectivity index (χ4v) is 3.42. The molecule has 0 fully saturated rings. The van der Waals surface area contributed by atoms with Crippen molar-refractivity contribution in [2.75, 3.05) is 6.61 Å². The molecule has 148 valence electrons. The number of para-hydroxylation sites is 1. The summed E-state index contributed by atoms with van der Waals surface area (Å²) < 4.78 is 35.8. The molecule has 2 aromatic carbocycles. The summed E-state index contributed by atoms with van der Waals surface area (Å²) >= 11 is 6.07. The van der Waals surface area contributed by atoms with Gasteiger partial charge in [0.25, 0.3) is 0 Å². The van der Waals surface area contributed by atoms with Crippen LogP contribution in [0.4, 0.5) is 8.78 Å². The number of hydrogen-bond acceptors (Lipinski definition) is 4. The largest absolute Gasteiger partial charge is 0.494 e. The molecule has 29 heavy (non-hydrogen) atoms. The van der Waals surface area contributed by atoms with E-state index in [1.165, 1.54) is 16.8 Å². The Bertz CT molecular complexity index is 1170. The zero-order chi connectivity index (χ0) is 20.5. The van der Waals surface area contributed by atoms with E-state index < -0.39 is 11.6 Å². The highest BCUT2D eigenvalue weighted by atomic mass is 35.5. The average Bonchev–Trinajstić information content (AvgIpc) is 3.03. The Morgan fingerprint density at radius 1 is 1.07 bits per heavy atom. The Morgan fingerprint density at radius 3 is 2.48 bits per heavy atom. The number of aromatic nitrogens is 4. The quantitative estimate of drug-likeness (QED) is 0.422. The first-order valence-corrected chi connectivity index (χ1v) is 9.42. The average molecular weight is 415 g/mol. The number of hydrogen-bond donors (Lipinski definition) is 0. The van der Waals surface area contributed by atoms with Crippen LogP contribution in [0, 0.1) is 18.6 Å². The van der Waals surface area contributed by atoms with Crippen molar-refractivity contribution in [3.63, 3.8) is 0 Å². The number of rotatable bonds is 5. The van der Waals surface area contributed by atoms with Crippen molar-refractivity contribution in [2.24, 2.45) is 0 Å². The van der Waals surface area contributed by atoms with E-state index in [0.717, 1.165) is 5.39 Å². The van der Waals surface area contributed by atoms with E-state index >= 15 is 0 Å². The standard InChI is InChI=1S/C21H17ClF2N4O/c1-3-29-13-9-16(23)15(17(24)10-13)11-28-18-7-5-4-6-14(18)20(27-28)21-25-12(2)8-19(22)26-21/h4-10H,3,11H2,1-2H3. The topological polar surface area (TPSA) is 52.8 Å². The molecule has 0 saturated carbocycles. The van der Waals surface area contributed by atoms with Gasteiger partial charge in [-0.05, 0) is 26.0 Å². The van der Waals surface area contributed by atoms with Crippen molar-refractivity contribution in [3.05, 3.63) is 70.5 Å². The molecule has 0 radical (unpaired) electrons. The van der Waals surface area contributed by atoms with Gasteiger partial charge in [-0.2, -0.15) is 5.10 Å². The van der Waals surface area contributed by atoms with Gasteiger partial charge < -0.3 is 4.74 Å². The van der Waals surface area contributed by atoms with E-state index in [1.54, 1.807) is 19.9 Å². The fourth-order valence-electron chi connectivity index (χ4n) is 3.18. The molecule has 0 aliphatic carbocycles. The minimum absolute atomic E-state index is 0.0931. The van der Waals surface area contributed by atoms with Gasteiger partial charge in [-0.25, -0.2) is 18.7 Å². The normalized spacial score (nSPS) is 11.2. The van der Waals surface area contributed by atoms with Crippen molar-refractivity contribution in [2.45, 2.75) is 20.4 Å². The highest BCUT2D eigenvalue weighted by Gasteiger charge is 2.18. The smallest absolute Gasteiger partial charge is 0.182 e. The van der Waals surface area contributed by atoms with Gasteiger partial charge in [0.1, 0.15) is 28.2 Å². The van der Waals surface area contributed by atoms with E-state index in [2.05, 4.69) is 15.1 Å². The van der Waals surface area contributed by atoms with Crippen LogP contribution in [0.25, 0.3) is 22.4 Å². The molecule has 2 heterocycles. The summed E-state index contributed by atoms with van der Waals surface area (Å²) in [7, 11) is 0. The first kappa shape index (κ1) is 19.3. The first-order valence-electron chi connectivity index (χ1n) is 9.04. The summed E-state index contributed by atoms with van der Waals surface area (Å²) in [4.78, 5) is 8.66. The minimum atomic E-state index is -0.690. The predicted molar refractivity (Wildman–Crippen MR) is 107 cm³/mol. The van der Waals surface area contributed by atoms with E-state index in [1.807, 2.05) is 24.3 Å². The van der Waals surface area contributed by atoms with Gasteiger partial charge in [0.15, 0.2) is 5.82 Å². The molecule has 0 aliphatic heterocycles. The summed E-state index contributed by atoms with van der Waals surface area (Å²) in [5, 5.41) is 5.61. The van der Waals surface area contributed by atoms with E-state index in [0.29, 0.717) is 34.5 Å². The summed E-state index contributed by atoms with van der Waals surface area (Å²) in [6.07, 6.45) is 0. The molecule has 4 aromatic rings. The van der Waals surface area contributed by atoms with Gasteiger partial charge in [-0.15, -0.1) is 0 Å². The maximum absolute atomic E-state index is 14.6. The minimum Gasteiger partial charge on any atom is -0.494 e.